The molecular weight excluding hydrogens is 618 g/mol. The van der Waals surface area contributed by atoms with Gasteiger partial charge < -0.3 is 32.1 Å². The van der Waals surface area contributed by atoms with Gasteiger partial charge in [-0.15, -0.1) is 12.4 Å². The van der Waals surface area contributed by atoms with E-state index in [1.54, 1.807) is 12.1 Å². The molecule has 0 bridgehead atoms. The van der Waals surface area contributed by atoms with Crippen LogP contribution in [0.2, 0.25) is 0 Å². The lowest BCUT2D eigenvalue weighted by atomic mass is 9.95. The largest absolute Gasteiger partial charge is 0.508 e. The number of carbonyl (C=O) groups is 4. The summed E-state index contributed by atoms with van der Waals surface area (Å²) in [6.45, 7) is 8.00. The number of benzene rings is 3. The molecule has 0 unspecified atom stereocenters. The smallest absolute Gasteiger partial charge is 0.243 e. The molecule has 1 fully saturated rings. The van der Waals surface area contributed by atoms with E-state index in [-0.39, 0.29) is 43.3 Å². The Kier molecular flexibility index (Phi) is 12.9. The fourth-order valence-corrected chi connectivity index (χ4v) is 6.36. The fraction of sp³-hybridized carbons (Fsp3) is 0.389. The lowest BCUT2D eigenvalue weighted by Crippen LogP contribution is -2.58. The third-order valence-electron chi connectivity index (χ3n) is 8.56. The summed E-state index contributed by atoms with van der Waals surface area (Å²) in [5.74, 6) is -1.89. The van der Waals surface area contributed by atoms with Gasteiger partial charge in [0.15, 0.2) is 0 Å². The van der Waals surface area contributed by atoms with Crippen molar-refractivity contribution in [1.82, 2.24) is 15.5 Å². The SMILES string of the molecule is Cc1cc(C)cc(C[C@H](NC(=O)[C@@H]2CCCN2C(=O)[C@@H](N)Cc2c(C)cc(O)cc2C)C(=O)N[C@@H](Cc2ccccc2)C(N)=O)c1.Cl. The van der Waals surface area contributed by atoms with Crippen LogP contribution in [0.4, 0.5) is 0 Å². The zero-order chi connectivity index (χ0) is 33.5. The molecule has 3 aromatic carbocycles. The Balaban J connectivity index is 0.00000600. The van der Waals surface area contributed by atoms with E-state index in [0.717, 1.165) is 38.9 Å². The number of carbonyl (C=O) groups excluding carboxylic acids is 4. The standard InChI is InChI=1S/C36H45N5O5.ClH/c1-21-13-22(2)15-26(14-21)19-31(34(44)39-30(33(38)43)18-25-9-6-5-7-10-25)40-35(45)32-11-8-12-41(32)36(46)29(37)20-28-23(3)16-27(42)17-24(28)4;/h5-7,9-10,13-17,29-32,42H,8,11-12,18-20,37H2,1-4H3,(H2,38,43)(H,39,44)(H,40,45);1H/t29-,30-,31-,32-;/m0./s1. The third-order valence-corrected chi connectivity index (χ3v) is 8.56. The number of aryl methyl sites for hydroxylation is 4. The molecule has 10 nitrogen and oxygen atoms in total. The maximum atomic E-state index is 13.8. The number of nitrogens with two attached hydrogens (primary N) is 2. The van der Waals surface area contributed by atoms with Gasteiger partial charge in [0.2, 0.25) is 23.6 Å². The Morgan fingerprint density at radius 1 is 0.851 bits per heavy atom. The minimum atomic E-state index is -1.03. The molecule has 0 aliphatic carbocycles. The van der Waals surface area contributed by atoms with E-state index >= 15 is 0 Å². The second-order valence-electron chi connectivity index (χ2n) is 12.5. The molecule has 0 saturated carbocycles. The van der Waals surface area contributed by atoms with E-state index in [4.69, 9.17) is 11.5 Å². The predicted octanol–water partition coefficient (Wildman–Crippen LogP) is 2.85. The minimum absolute atomic E-state index is 0. The van der Waals surface area contributed by atoms with Gasteiger partial charge in [0.1, 0.15) is 23.9 Å². The monoisotopic (exact) mass is 663 g/mol. The zero-order valence-electron chi connectivity index (χ0n) is 27.4. The molecule has 4 atom stereocenters. The van der Waals surface area contributed by atoms with E-state index in [1.165, 1.54) is 4.90 Å². The first-order valence-electron chi connectivity index (χ1n) is 15.7. The second kappa shape index (κ2) is 16.4. The topological polar surface area (TPSA) is 168 Å². The highest BCUT2D eigenvalue weighted by atomic mass is 35.5. The Bertz CT molecular complexity index is 1550. The Morgan fingerprint density at radius 2 is 1.45 bits per heavy atom. The van der Waals surface area contributed by atoms with Crippen LogP contribution in [0.1, 0.15) is 51.8 Å². The molecular formula is C36H46ClN5O5. The second-order valence-corrected chi connectivity index (χ2v) is 12.5. The van der Waals surface area contributed by atoms with Crippen molar-refractivity contribution in [2.45, 2.75) is 84.0 Å². The molecule has 1 heterocycles. The van der Waals surface area contributed by atoms with Crippen LogP contribution in [0.5, 0.6) is 5.75 Å². The average Bonchev–Trinajstić information content (AvgIpc) is 3.48. The molecule has 0 spiro atoms. The number of amides is 4. The number of halogens is 1. The number of nitrogens with zero attached hydrogens (tertiary/aromatic N) is 1. The highest BCUT2D eigenvalue weighted by molar-refractivity contribution is 5.95. The number of aromatic hydroxyl groups is 1. The summed E-state index contributed by atoms with van der Waals surface area (Å²) in [6.07, 6.45) is 1.68. The molecule has 11 heteroatoms. The zero-order valence-corrected chi connectivity index (χ0v) is 28.2. The number of rotatable bonds is 12. The summed E-state index contributed by atoms with van der Waals surface area (Å²) in [5.41, 5.74) is 18.3. The Morgan fingerprint density at radius 3 is 2.04 bits per heavy atom. The van der Waals surface area contributed by atoms with Crippen molar-refractivity contribution >= 4 is 36.0 Å². The van der Waals surface area contributed by atoms with Gasteiger partial charge in [0.25, 0.3) is 0 Å². The van der Waals surface area contributed by atoms with Gasteiger partial charge in [-0.25, -0.2) is 0 Å². The predicted molar refractivity (Wildman–Crippen MR) is 184 cm³/mol. The number of nitrogens with one attached hydrogen (secondary N) is 2. The Hall–Kier alpha value is -4.41. The lowest BCUT2D eigenvalue weighted by Gasteiger charge is -2.29. The number of likely N-dealkylation sites (tertiary alicyclic amines) is 1. The van der Waals surface area contributed by atoms with Crippen LogP contribution >= 0.6 is 12.4 Å². The van der Waals surface area contributed by atoms with Gasteiger partial charge in [0.05, 0.1) is 6.04 Å². The summed E-state index contributed by atoms with van der Waals surface area (Å²) >= 11 is 0. The summed E-state index contributed by atoms with van der Waals surface area (Å²) in [4.78, 5) is 55.0. The van der Waals surface area contributed by atoms with Crippen LogP contribution in [-0.4, -0.2) is 64.3 Å². The molecule has 4 rings (SSSR count). The van der Waals surface area contributed by atoms with Crippen LogP contribution in [0.25, 0.3) is 0 Å². The number of hydrogen-bond donors (Lipinski definition) is 5. The first kappa shape index (κ1) is 37.1. The summed E-state index contributed by atoms with van der Waals surface area (Å²) in [5, 5.41) is 15.5. The van der Waals surface area contributed by atoms with E-state index < -0.39 is 41.9 Å². The van der Waals surface area contributed by atoms with Crippen LogP contribution < -0.4 is 22.1 Å². The van der Waals surface area contributed by atoms with E-state index in [2.05, 4.69) is 10.6 Å². The van der Waals surface area contributed by atoms with Crippen LogP contribution in [-0.2, 0) is 38.4 Å². The van der Waals surface area contributed by atoms with Gasteiger partial charge in [-0.1, -0.05) is 59.7 Å². The van der Waals surface area contributed by atoms with Gasteiger partial charge >= 0.3 is 0 Å². The molecule has 0 aromatic heterocycles. The maximum Gasteiger partial charge on any atom is 0.243 e. The van der Waals surface area contributed by atoms with Gasteiger partial charge in [-0.3, -0.25) is 19.2 Å². The third kappa shape index (κ3) is 9.79. The number of hydrogen-bond acceptors (Lipinski definition) is 6. The summed E-state index contributed by atoms with van der Waals surface area (Å²) in [6, 6.07) is 14.7. The quantitative estimate of drug-likeness (QED) is 0.200. The first-order valence-corrected chi connectivity index (χ1v) is 15.7. The normalized spacial score (nSPS) is 16.0. The Labute approximate surface area is 282 Å². The molecule has 1 aliphatic rings. The van der Waals surface area contributed by atoms with Crippen molar-refractivity contribution in [3.63, 3.8) is 0 Å². The van der Waals surface area contributed by atoms with E-state index in [9.17, 15) is 24.3 Å². The molecule has 252 valence electrons. The summed E-state index contributed by atoms with van der Waals surface area (Å²) in [7, 11) is 0. The fourth-order valence-electron chi connectivity index (χ4n) is 6.36. The van der Waals surface area contributed by atoms with Crippen molar-refractivity contribution in [2.24, 2.45) is 11.5 Å². The van der Waals surface area contributed by atoms with Crippen molar-refractivity contribution in [2.75, 3.05) is 6.54 Å². The number of primary amides is 1. The maximum absolute atomic E-state index is 13.8. The highest BCUT2D eigenvalue weighted by Gasteiger charge is 2.38. The molecule has 3 aromatic rings. The minimum Gasteiger partial charge on any atom is -0.508 e. The molecule has 7 N–H and O–H groups in total. The molecule has 1 saturated heterocycles. The first-order chi connectivity index (χ1) is 21.8. The van der Waals surface area contributed by atoms with Crippen molar-refractivity contribution in [3.8, 4) is 5.75 Å². The van der Waals surface area contributed by atoms with Crippen molar-refractivity contribution in [1.29, 1.82) is 0 Å². The molecule has 0 radical (unpaired) electrons. The van der Waals surface area contributed by atoms with Crippen molar-refractivity contribution in [3.05, 3.63) is 99.6 Å². The van der Waals surface area contributed by atoms with E-state index in [1.807, 2.05) is 76.2 Å². The average molecular weight is 664 g/mol. The van der Waals surface area contributed by atoms with Gasteiger partial charge in [-0.2, -0.15) is 0 Å². The molecule has 1 aliphatic heterocycles. The molecule has 47 heavy (non-hydrogen) atoms. The van der Waals surface area contributed by atoms with E-state index in [0.29, 0.717) is 19.4 Å². The van der Waals surface area contributed by atoms with Crippen molar-refractivity contribution < 1.29 is 24.3 Å². The summed E-state index contributed by atoms with van der Waals surface area (Å²) < 4.78 is 0. The lowest BCUT2D eigenvalue weighted by molar-refractivity contribution is -0.140. The number of phenols is 1. The van der Waals surface area contributed by atoms with Crippen LogP contribution in [0.15, 0.2) is 60.7 Å². The molecule has 4 amide bonds. The number of phenolic OH excluding ortho intramolecular Hbond substituents is 1. The van der Waals surface area contributed by atoms with Gasteiger partial charge in [-0.05, 0) is 86.9 Å². The highest BCUT2D eigenvalue weighted by Crippen LogP contribution is 2.24. The van der Waals surface area contributed by atoms with Crippen LogP contribution in [0.3, 0.4) is 0 Å². The van der Waals surface area contributed by atoms with Gasteiger partial charge in [0, 0.05) is 19.4 Å². The van der Waals surface area contributed by atoms with Crippen LogP contribution in [0, 0.1) is 27.7 Å².